The van der Waals surface area contributed by atoms with E-state index in [1.165, 1.54) is 5.56 Å². The van der Waals surface area contributed by atoms with Crippen molar-refractivity contribution in [2.45, 2.75) is 6.54 Å². The second-order valence-electron chi connectivity index (χ2n) is 11.6. The monoisotopic (exact) mass is 738 g/mol. The van der Waals surface area contributed by atoms with Crippen LogP contribution >= 0.6 is 47.8 Å². The maximum absolute atomic E-state index is 13.6. The molecule has 254 valence electrons. The molecular formula is C35H33Cl3N6O4S. The van der Waals surface area contributed by atoms with Crippen LogP contribution in [0, 0.1) is 0 Å². The van der Waals surface area contributed by atoms with E-state index in [9.17, 15) is 4.79 Å². The number of amides is 1. The van der Waals surface area contributed by atoms with Crippen LogP contribution in [0.3, 0.4) is 0 Å². The SMILES string of the molecule is CN(C(=S)Nc1ccc(Cl)c(Cl)c1)c1ccc(Oc2ccc3c(c2)cc(C(=O)N2CCN(Cc4ccc5c(c4)OCO5)CC2)n3C)nc1.Cl. The molecule has 3 aromatic carbocycles. The lowest BCUT2D eigenvalue weighted by Crippen LogP contribution is -2.48. The summed E-state index contributed by atoms with van der Waals surface area (Å²) in [4.78, 5) is 24.2. The van der Waals surface area contributed by atoms with Crippen LogP contribution in [0.1, 0.15) is 16.1 Å². The number of nitrogens with one attached hydrogen (secondary N) is 1. The lowest BCUT2D eigenvalue weighted by molar-refractivity contribution is 0.0619. The fraction of sp³-hybridized carbons (Fsp3) is 0.229. The first-order valence-electron chi connectivity index (χ1n) is 15.3. The Morgan fingerprint density at radius 1 is 0.959 bits per heavy atom. The first-order valence-corrected chi connectivity index (χ1v) is 16.5. The summed E-state index contributed by atoms with van der Waals surface area (Å²) in [5, 5.41) is 5.44. The second-order valence-corrected chi connectivity index (χ2v) is 12.8. The first kappa shape index (κ1) is 34.6. The zero-order valence-corrected chi connectivity index (χ0v) is 29.8. The predicted molar refractivity (Wildman–Crippen MR) is 199 cm³/mol. The van der Waals surface area contributed by atoms with Crippen molar-refractivity contribution >= 4 is 81.1 Å². The Balaban J connectivity index is 0.00000417. The van der Waals surface area contributed by atoms with E-state index in [0.717, 1.165) is 53.4 Å². The van der Waals surface area contributed by atoms with E-state index in [4.69, 9.17) is 49.6 Å². The number of rotatable bonds is 7. The van der Waals surface area contributed by atoms with Crippen LogP contribution in [-0.4, -0.2) is 70.4 Å². The minimum Gasteiger partial charge on any atom is -0.454 e. The zero-order valence-electron chi connectivity index (χ0n) is 26.7. The topological polar surface area (TPSA) is 84.3 Å². The Labute approximate surface area is 305 Å². The largest absolute Gasteiger partial charge is 0.454 e. The van der Waals surface area contributed by atoms with E-state index in [0.29, 0.717) is 45.6 Å². The van der Waals surface area contributed by atoms with Crippen molar-refractivity contribution in [2.75, 3.05) is 50.2 Å². The number of aromatic nitrogens is 2. The summed E-state index contributed by atoms with van der Waals surface area (Å²) in [5.74, 6) is 2.65. The molecule has 2 aromatic heterocycles. The molecule has 0 aliphatic carbocycles. The van der Waals surface area contributed by atoms with Crippen molar-refractivity contribution in [3.05, 3.63) is 100 Å². The van der Waals surface area contributed by atoms with Gasteiger partial charge in [0.2, 0.25) is 12.7 Å². The molecule has 0 atom stereocenters. The maximum Gasteiger partial charge on any atom is 0.270 e. The van der Waals surface area contributed by atoms with Gasteiger partial charge >= 0.3 is 0 Å². The van der Waals surface area contributed by atoms with Crippen LogP contribution in [-0.2, 0) is 13.6 Å². The molecule has 2 aliphatic heterocycles. The number of piperazine rings is 1. The number of thiocarbonyl (C=S) groups is 1. The van der Waals surface area contributed by atoms with E-state index < -0.39 is 0 Å². The highest BCUT2D eigenvalue weighted by Crippen LogP contribution is 2.33. The molecule has 7 rings (SSSR count). The average Bonchev–Trinajstić information content (AvgIpc) is 3.70. The van der Waals surface area contributed by atoms with Gasteiger partial charge in [0.25, 0.3) is 5.91 Å². The third kappa shape index (κ3) is 7.51. The van der Waals surface area contributed by atoms with Gasteiger partial charge in [-0.1, -0.05) is 29.3 Å². The van der Waals surface area contributed by atoms with E-state index in [1.807, 2.05) is 66.0 Å². The van der Waals surface area contributed by atoms with Crippen LogP contribution in [0.2, 0.25) is 10.0 Å². The fourth-order valence-electron chi connectivity index (χ4n) is 5.82. The van der Waals surface area contributed by atoms with Gasteiger partial charge in [-0.3, -0.25) is 9.69 Å². The number of ether oxygens (including phenoxy) is 3. The first-order chi connectivity index (χ1) is 23.2. The number of pyridine rings is 1. The van der Waals surface area contributed by atoms with Crippen LogP contribution in [0.25, 0.3) is 10.9 Å². The lowest BCUT2D eigenvalue weighted by atomic mass is 10.1. The molecule has 49 heavy (non-hydrogen) atoms. The number of nitrogens with zero attached hydrogens (tertiary/aromatic N) is 5. The Hall–Kier alpha value is -4.26. The number of fused-ring (bicyclic) bond motifs is 2. The second kappa shape index (κ2) is 14.7. The normalized spacial score (nSPS) is 14.0. The van der Waals surface area contributed by atoms with E-state index in [2.05, 4.69) is 21.3 Å². The molecule has 1 amide bonds. The van der Waals surface area contributed by atoms with Crippen molar-refractivity contribution in [1.29, 1.82) is 0 Å². The zero-order chi connectivity index (χ0) is 33.4. The summed E-state index contributed by atoms with van der Waals surface area (Å²) in [6.07, 6.45) is 1.69. The summed E-state index contributed by atoms with van der Waals surface area (Å²) in [6.45, 7) is 3.98. The molecule has 0 bridgehead atoms. The average molecular weight is 740 g/mol. The molecule has 0 spiro atoms. The van der Waals surface area contributed by atoms with Gasteiger partial charge in [0.15, 0.2) is 16.6 Å². The van der Waals surface area contributed by atoms with Gasteiger partial charge in [-0.25, -0.2) is 4.98 Å². The van der Waals surface area contributed by atoms with Crippen LogP contribution in [0.15, 0.2) is 79.0 Å². The van der Waals surface area contributed by atoms with E-state index in [1.54, 1.807) is 35.4 Å². The fourth-order valence-corrected chi connectivity index (χ4v) is 6.34. The maximum atomic E-state index is 13.6. The van der Waals surface area contributed by atoms with Gasteiger partial charge in [0, 0.05) is 69.5 Å². The summed E-state index contributed by atoms with van der Waals surface area (Å²) in [5.41, 5.74) is 4.26. The number of benzene rings is 3. The quantitative estimate of drug-likeness (QED) is 0.170. The summed E-state index contributed by atoms with van der Waals surface area (Å²) in [6, 6.07) is 22.6. The Kier molecular flexibility index (Phi) is 10.4. The van der Waals surface area contributed by atoms with Gasteiger partial charge in [-0.2, -0.15) is 0 Å². The van der Waals surface area contributed by atoms with Gasteiger partial charge in [-0.05, 0) is 78.4 Å². The van der Waals surface area contributed by atoms with Gasteiger partial charge in [0.1, 0.15) is 11.4 Å². The number of aryl methyl sites for hydroxylation is 1. The molecule has 5 aromatic rings. The van der Waals surface area contributed by atoms with E-state index in [-0.39, 0.29) is 25.1 Å². The number of carbonyl (C=O) groups excluding carboxylic acids is 1. The third-order valence-electron chi connectivity index (χ3n) is 8.54. The molecule has 2 aliphatic rings. The number of carbonyl (C=O) groups is 1. The Bertz CT molecular complexity index is 2020. The third-order valence-corrected chi connectivity index (χ3v) is 9.66. The Morgan fingerprint density at radius 3 is 2.51 bits per heavy atom. The van der Waals surface area contributed by atoms with Gasteiger partial charge in [0.05, 0.1) is 21.9 Å². The molecule has 0 saturated carbocycles. The summed E-state index contributed by atoms with van der Waals surface area (Å²) < 4.78 is 19.0. The highest BCUT2D eigenvalue weighted by atomic mass is 35.5. The molecular weight excluding hydrogens is 707 g/mol. The molecule has 1 saturated heterocycles. The summed E-state index contributed by atoms with van der Waals surface area (Å²) >= 11 is 17.7. The predicted octanol–water partition coefficient (Wildman–Crippen LogP) is 7.61. The number of anilines is 2. The Morgan fingerprint density at radius 2 is 1.76 bits per heavy atom. The van der Waals surface area contributed by atoms with Gasteiger partial charge in [-0.15, -0.1) is 12.4 Å². The summed E-state index contributed by atoms with van der Waals surface area (Å²) in [7, 11) is 3.76. The van der Waals surface area contributed by atoms with Crippen molar-refractivity contribution in [1.82, 2.24) is 19.4 Å². The number of halogens is 3. The molecule has 0 unspecified atom stereocenters. The van der Waals surface area contributed by atoms with Crippen molar-refractivity contribution < 1.29 is 19.0 Å². The number of hydrogen-bond acceptors (Lipinski definition) is 7. The smallest absolute Gasteiger partial charge is 0.270 e. The van der Waals surface area contributed by atoms with E-state index >= 15 is 0 Å². The lowest BCUT2D eigenvalue weighted by Gasteiger charge is -2.34. The van der Waals surface area contributed by atoms with Crippen LogP contribution < -0.4 is 24.4 Å². The molecule has 1 N–H and O–H groups in total. The molecule has 4 heterocycles. The molecule has 1 fully saturated rings. The van der Waals surface area contributed by atoms with Crippen molar-refractivity contribution in [3.8, 4) is 23.1 Å². The van der Waals surface area contributed by atoms with Crippen molar-refractivity contribution in [2.24, 2.45) is 7.05 Å². The van der Waals surface area contributed by atoms with Crippen molar-refractivity contribution in [3.63, 3.8) is 0 Å². The standard InChI is InChI=1S/C35H32Cl2N6O4S.ClH/c1-40(35(48)39-24-4-7-27(36)28(37)18-24)25-5-10-33(38-19-25)47-26-6-8-29-23(16-26)17-30(41(29)2)34(44)43-13-11-42(12-14-43)20-22-3-9-31-32(15-22)46-21-45-31;/h3-10,15-19H,11-14,20-21H2,1-2H3,(H,39,48);1H. The number of hydrogen-bond donors (Lipinski definition) is 1. The van der Waals surface area contributed by atoms with Crippen LogP contribution in [0.5, 0.6) is 23.1 Å². The highest BCUT2D eigenvalue weighted by molar-refractivity contribution is 7.80. The molecule has 10 nitrogen and oxygen atoms in total. The molecule has 14 heteroatoms. The highest BCUT2D eigenvalue weighted by Gasteiger charge is 2.25. The minimum absolute atomic E-state index is 0. The van der Waals surface area contributed by atoms with Crippen LogP contribution in [0.4, 0.5) is 11.4 Å². The van der Waals surface area contributed by atoms with Gasteiger partial charge < -0.3 is 33.9 Å². The minimum atomic E-state index is 0. The molecule has 0 radical (unpaired) electrons.